The third-order valence-electron chi connectivity index (χ3n) is 4.93. The largest absolute Gasteiger partial charge is 0.393 e. The highest BCUT2D eigenvalue weighted by Gasteiger charge is 2.35. The SMILES string of the molecule is C.CN1O[C@H](CO)Cn2nc3c(c2C1=O)CN(C(=O)c1ccc(Cl)c(Cl)c1)CC3. The lowest BCUT2D eigenvalue weighted by Gasteiger charge is -2.27. The van der Waals surface area contributed by atoms with Crippen molar-refractivity contribution in [1.29, 1.82) is 0 Å². The summed E-state index contributed by atoms with van der Waals surface area (Å²) in [6.45, 7) is 0.763. The smallest absolute Gasteiger partial charge is 0.295 e. The van der Waals surface area contributed by atoms with Crippen LogP contribution in [0.1, 0.15) is 39.5 Å². The number of aliphatic hydroxyl groups is 1. The van der Waals surface area contributed by atoms with Gasteiger partial charge in [-0.1, -0.05) is 30.6 Å². The molecule has 1 atom stereocenters. The quantitative estimate of drug-likeness (QED) is 0.774. The summed E-state index contributed by atoms with van der Waals surface area (Å²) in [5.74, 6) is -0.545. The van der Waals surface area contributed by atoms with Crippen LogP contribution in [0.3, 0.4) is 0 Å². The van der Waals surface area contributed by atoms with Crippen LogP contribution in [-0.2, 0) is 24.3 Å². The molecule has 1 N–H and O–H groups in total. The van der Waals surface area contributed by atoms with Crippen molar-refractivity contribution < 1.29 is 19.5 Å². The molecule has 0 aliphatic carbocycles. The molecule has 0 radical (unpaired) electrons. The Balaban J connectivity index is 0.00000240. The Morgan fingerprint density at radius 2 is 2.10 bits per heavy atom. The van der Waals surface area contributed by atoms with E-state index in [1.54, 1.807) is 27.8 Å². The van der Waals surface area contributed by atoms with Crippen LogP contribution in [-0.4, -0.2) is 63.0 Å². The maximum Gasteiger partial charge on any atom is 0.295 e. The molecule has 10 heteroatoms. The lowest BCUT2D eigenvalue weighted by atomic mass is 10.0. The van der Waals surface area contributed by atoms with Gasteiger partial charge in [-0.25, -0.2) is 5.06 Å². The van der Waals surface area contributed by atoms with Gasteiger partial charge in [-0.15, -0.1) is 0 Å². The number of benzene rings is 1. The van der Waals surface area contributed by atoms with E-state index in [2.05, 4.69) is 5.10 Å². The Hall–Kier alpha value is -2.13. The minimum absolute atomic E-state index is 0. The highest BCUT2D eigenvalue weighted by Crippen LogP contribution is 2.28. The number of halogens is 2. The Labute approximate surface area is 178 Å². The number of fused-ring (bicyclic) bond motifs is 3. The third kappa shape index (κ3) is 3.85. The average Bonchev–Trinajstić information content (AvgIpc) is 2.99. The van der Waals surface area contributed by atoms with Gasteiger partial charge in [0.05, 0.1) is 35.4 Å². The van der Waals surface area contributed by atoms with E-state index in [9.17, 15) is 14.7 Å². The summed E-state index contributed by atoms with van der Waals surface area (Å²) in [4.78, 5) is 32.8. The van der Waals surface area contributed by atoms with Crippen molar-refractivity contribution in [2.75, 3.05) is 20.2 Å². The van der Waals surface area contributed by atoms with Crippen molar-refractivity contribution in [3.8, 4) is 0 Å². The van der Waals surface area contributed by atoms with Gasteiger partial charge in [0, 0.05) is 31.1 Å². The highest BCUT2D eigenvalue weighted by molar-refractivity contribution is 6.42. The first-order valence-corrected chi connectivity index (χ1v) is 9.53. The van der Waals surface area contributed by atoms with Gasteiger partial charge in [-0.05, 0) is 18.2 Å². The average molecular weight is 441 g/mol. The molecule has 0 spiro atoms. The number of carbonyl (C=O) groups is 2. The first kappa shape index (κ1) is 21.6. The first-order valence-electron chi connectivity index (χ1n) is 8.77. The molecule has 0 bridgehead atoms. The summed E-state index contributed by atoms with van der Waals surface area (Å²) >= 11 is 12.0. The molecular formula is C19H22Cl2N4O4. The summed E-state index contributed by atoms with van der Waals surface area (Å²) in [6.07, 6.45) is -0.0326. The number of rotatable bonds is 2. The fourth-order valence-electron chi connectivity index (χ4n) is 3.52. The molecule has 156 valence electrons. The molecule has 8 nitrogen and oxygen atoms in total. The monoisotopic (exact) mass is 440 g/mol. The van der Waals surface area contributed by atoms with Crippen LogP contribution in [0, 0.1) is 0 Å². The predicted molar refractivity (Wildman–Crippen MR) is 108 cm³/mol. The molecule has 0 saturated heterocycles. The number of carbonyl (C=O) groups excluding carboxylic acids is 2. The van der Waals surface area contributed by atoms with Crippen LogP contribution in [0.4, 0.5) is 0 Å². The Morgan fingerprint density at radius 3 is 2.79 bits per heavy atom. The van der Waals surface area contributed by atoms with Crippen molar-refractivity contribution in [2.24, 2.45) is 0 Å². The number of aromatic nitrogens is 2. The predicted octanol–water partition coefficient (Wildman–Crippen LogP) is 2.40. The van der Waals surface area contributed by atoms with Crippen molar-refractivity contribution in [3.63, 3.8) is 0 Å². The lowest BCUT2D eigenvalue weighted by Crippen LogP contribution is -2.37. The van der Waals surface area contributed by atoms with Gasteiger partial charge in [0.15, 0.2) is 0 Å². The van der Waals surface area contributed by atoms with E-state index in [0.717, 1.165) is 10.8 Å². The van der Waals surface area contributed by atoms with E-state index in [-0.39, 0.29) is 38.9 Å². The second-order valence-electron chi connectivity index (χ2n) is 6.77. The summed E-state index contributed by atoms with van der Waals surface area (Å²) < 4.78 is 1.57. The van der Waals surface area contributed by atoms with Crippen LogP contribution >= 0.6 is 23.2 Å². The second-order valence-corrected chi connectivity index (χ2v) is 7.59. The number of aliphatic hydroxyl groups excluding tert-OH is 1. The summed E-state index contributed by atoms with van der Waals surface area (Å²) in [5.41, 5.74) is 2.32. The van der Waals surface area contributed by atoms with Crippen LogP contribution in [0.5, 0.6) is 0 Å². The van der Waals surface area contributed by atoms with Crippen LogP contribution in [0.2, 0.25) is 10.0 Å². The molecule has 3 heterocycles. The van der Waals surface area contributed by atoms with E-state index >= 15 is 0 Å². The van der Waals surface area contributed by atoms with Gasteiger partial charge in [0.2, 0.25) is 0 Å². The number of hydroxylamine groups is 2. The van der Waals surface area contributed by atoms with Crippen molar-refractivity contribution in [2.45, 2.75) is 33.0 Å². The topological polar surface area (TPSA) is 87.9 Å². The fraction of sp³-hybridized carbons (Fsp3) is 0.421. The molecule has 0 saturated carbocycles. The number of hydrogen-bond acceptors (Lipinski definition) is 5. The van der Waals surface area contributed by atoms with E-state index < -0.39 is 6.10 Å². The molecule has 2 aliphatic rings. The summed E-state index contributed by atoms with van der Waals surface area (Å²) in [5, 5.41) is 15.8. The molecule has 1 aromatic heterocycles. The summed E-state index contributed by atoms with van der Waals surface area (Å²) in [6, 6.07) is 4.76. The van der Waals surface area contributed by atoms with E-state index in [0.29, 0.717) is 39.8 Å². The third-order valence-corrected chi connectivity index (χ3v) is 5.67. The van der Waals surface area contributed by atoms with Gasteiger partial charge in [-0.3, -0.25) is 19.1 Å². The number of hydrogen-bond donors (Lipinski definition) is 1. The zero-order valence-electron chi connectivity index (χ0n) is 15.1. The second kappa shape index (κ2) is 8.31. The maximum absolute atomic E-state index is 12.9. The normalized spacial score (nSPS) is 18.6. The van der Waals surface area contributed by atoms with Gasteiger partial charge in [-0.2, -0.15) is 5.10 Å². The van der Waals surface area contributed by atoms with Gasteiger partial charge >= 0.3 is 0 Å². The molecular weight excluding hydrogens is 419 g/mol. The highest BCUT2D eigenvalue weighted by atomic mass is 35.5. The molecule has 1 aromatic carbocycles. The van der Waals surface area contributed by atoms with Crippen LogP contribution in [0.25, 0.3) is 0 Å². The van der Waals surface area contributed by atoms with Crippen LogP contribution in [0.15, 0.2) is 18.2 Å². The maximum atomic E-state index is 12.9. The van der Waals surface area contributed by atoms with Gasteiger partial charge < -0.3 is 10.0 Å². The Kier molecular flexibility index (Phi) is 6.19. The van der Waals surface area contributed by atoms with E-state index in [4.69, 9.17) is 28.0 Å². The molecule has 0 fully saturated rings. The lowest BCUT2D eigenvalue weighted by molar-refractivity contribution is -0.159. The van der Waals surface area contributed by atoms with Crippen molar-refractivity contribution in [3.05, 3.63) is 50.8 Å². The summed E-state index contributed by atoms with van der Waals surface area (Å²) in [7, 11) is 1.50. The Morgan fingerprint density at radius 1 is 1.34 bits per heavy atom. The van der Waals surface area contributed by atoms with E-state index in [1.807, 2.05) is 0 Å². The van der Waals surface area contributed by atoms with Gasteiger partial charge in [0.1, 0.15) is 11.8 Å². The zero-order valence-corrected chi connectivity index (χ0v) is 16.6. The molecule has 2 amide bonds. The molecule has 2 aliphatic heterocycles. The van der Waals surface area contributed by atoms with Crippen molar-refractivity contribution in [1.82, 2.24) is 19.7 Å². The number of nitrogens with zero attached hydrogens (tertiary/aromatic N) is 4. The first-order chi connectivity index (χ1) is 13.4. The van der Waals surface area contributed by atoms with Crippen molar-refractivity contribution >= 4 is 35.0 Å². The molecule has 29 heavy (non-hydrogen) atoms. The zero-order chi connectivity index (χ0) is 20.0. The number of amides is 2. The minimum atomic E-state index is -0.564. The minimum Gasteiger partial charge on any atom is -0.393 e. The standard InChI is InChI=1S/C18H18Cl2N4O4.CH4/c1-22-18(27)16-12-8-23(17(26)10-2-3-13(19)14(20)6-10)5-4-15(12)21-24(16)7-11(9-25)28-22;/h2-3,6,11,25H,4-5,7-9H2,1H3;1H4/t11-;/m0./s1. The fourth-order valence-corrected chi connectivity index (χ4v) is 3.82. The molecule has 2 aromatic rings. The molecule has 4 rings (SSSR count). The molecule has 0 unspecified atom stereocenters. The van der Waals surface area contributed by atoms with E-state index in [1.165, 1.54) is 7.05 Å². The van der Waals surface area contributed by atoms with Gasteiger partial charge in [0.25, 0.3) is 11.8 Å². The Bertz CT molecular complexity index is 962. The van der Waals surface area contributed by atoms with Crippen LogP contribution < -0.4 is 0 Å².